The smallest absolute Gasteiger partial charge is 0.427 e. The number of nitrogens with zero attached hydrogens (tertiary/aromatic N) is 2. The normalized spacial score (nSPS) is 12.5. The molecule has 53 heavy (non-hydrogen) atoms. The molecule has 276 valence electrons. The van der Waals surface area contributed by atoms with Crippen LogP contribution in [-0.4, -0.2) is 27.1 Å². The Labute approximate surface area is 322 Å². The van der Waals surface area contributed by atoms with Gasteiger partial charge in [0.05, 0.1) is 22.4 Å². The number of hydrogen-bond acceptors (Lipinski definition) is 4. The van der Waals surface area contributed by atoms with E-state index >= 15 is 0 Å². The Morgan fingerprint density at radius 1 is 0.642 bits per heavy atom. The fourth-order valence-electron chi connectivity index (χ4n) is 7.99. The van der Waals surface area contributed by atoms with Gasteiger partial charge in [0.25, 0.3) is 0 Å². The number of halogens is 1. The highest BCUT2D eigenvalue weighted by Crippen LogP contribution is 2.39. The van der Waals surface area contributed by atoms with Crippen LogP contribution in [0.1, 0.15) is 85.2 Å². The Morgan fingerprint density at radius 3 is 1.60 bits per heavy atom. The van der Waals surface area contributed by atoms with E-state index in [0.717, 1.165) is 59.2 Å². The maximum Gasteiger partial charge on any atom is 0.451 e. The Morgan fingerprint density at radius 2 is 1.13 bits per heavy atom. The van der Waals surface area contributed by atoms with E-state index in [2.05, 4.69) is 96.1 Å². The molecule has 0 saturated heterocycles. The van der Waals surface area contributed by atoms with Gasteiger partial charge >= 0.3 is 7.12 Å². The molecule has 2 heterocycles. The minimum Gasteiger partial charge on any atom is -0.427 e. The molecule has 2 aliphatic carbocycles. The van der Waals surface area contributed by atoms with Gasteiger partial charge in [-0.05, 0) is 159 Å². The van der Waals surface area contributed by atoms with Crippen LogP contribution in [0.25, 0.3) is 44.3 Å². The molecule has 0 bridgehead atoms. The van der Waals surface area contributed by atoms with Gasteiger partial charge in [-0.25, -0.2) is 9.97 Å². The number of benzene rings is 4. The van der Waals surface area contributed by atoms with Gasteiger partial charge in [0, 0.05) is 26.9 Å². The van der Waals surface area contributed by atoms with E-state index in [4.69, 9.17) is 31.6 Å². The molecule has 2 aromatic heterocycles. The van der Waals surface area contributed by atoms with Crippen LogP contribution in [0.3, 0.4) is 0 Å². The highest BCUT2D eigenvalue weighted by atomic mass is 35.5. The van der Waals surface area contributed by atoms with Crippen LogP contribution in [0.4, 0.5) is 0 Å². The van der Waals surface area contributed by atoms with E-state index < -0.39 is 7.12 Å². The first-order valence-corrected chi connectivity index (χ1v) is 19.2. The van der Waals surface area contributed by atoms with Crippen molar-refractivity contribution in [3.8, 4) is 22.5 Å². The summed E-state index contributed by atoms with van der Waals surface area (Å²) in [5, 5.41) is 19.7. The number of pyridine rings is 2. The lowest BCUT2D eigenvalue weighted by Crippen LogP contribution is -2.12. The summed E-state index contributed by atoms with van der Waals surface area (Å²) in [6.45, 7) is 17.2. The Kier molecular flexibility index (Phi) is 12.9. The minimum absolute atomic E-state index is 0. The van der Waals surface area contributed by atoms with E-state index in [1.807, 2.05) is 32.0 Å². The molecule has 0 amide bonds. The highest BCUT2D eigenvalue weighted by molar-refractivity contribution is 6.41. The van der Waals surface area contributed by atoms with E-state index in [9.17, 15) is 0 Å². The summed E-state index contributed by atoms with van der Waals surface area (Å²) in [4.78, 5) is 10.0. The minimum atomic E-state index is -1.13. The zero-order valence-electron chi connectivity index (χ0n) is 32.1. The SMILES string of the molecule is C.CC(C)CB(O)O.Cc1cc(C)c2c(c1)-c1nc3cccc(CC(C)C)c3cc1CC2.Cc1cc(C)c2c(c1)-c1nc3cccc(Cl)c3cc1CC2. The number of aromatic nitrogens is 2. The lowest BCUT2D eigenvalue weighted by Gasteiger charge is -2.22. The highest BCUT2D eigenvalue weighted by Gasteiger charge is 2.22. The molecule has 0 saturated carbocycles. The van der Waals surface area contributed by atoms with Gasteiger partial charge < -0.3 is 10.0 Å². The summed E-state index contributed by atoms with van der Waals surface area (Å²) in [6, 6.07) is 26.3. The van der Waals surface area contributed by atoms with Gasteiger partial charge in [0.2, 0.25) is 0 Å². The maximum atomic E-state index is 8.28. The lowest BCUT2D eigenvalue weighted by molar-refractivity contribution is 0.394. The van der Waals surface area contributed by atoms with Gasteiger partial charge in [0.1, 0.15) is 0 Å². The van der Waals surface area contributed by atoms with Crippen molar-refractivity contribution < 1.29 is 10.0 Å². The second-order valence-corrected chi connectivity index (χ2v) is 16.1. The summed E-state index contributed by atoms with van der Waals surface area (Å²) in [5.41, 5.74) is 19.6. The second kappa shape index (κ2) is 17.0. The standard InChI is InChI=1S/C23H25N.C19H16ClN.C4H11BO2.CH4/c1-14(2)10-17-6-5-7-22-20(17)13-18-8-9-19-16(4)11-15(3)12-21(19)23(18)24-22;1-11-8-12(2)14-7-6-13-10-16-17(20)4-3-5-18(16)21-19(13)15(14)9-11;1-4(2)3-5(6)7;/h5-7,11-14H,8-10H2,1-4H3;3-5,8-10H,6-7H2,1-2H3;4,6-7H,3H2,1-2H3;1H4. The molecule has 0 radical (unpaired) electrons. The first kappa shape index (κ1) is 40.2. The van der Waals surface area contributed by atoms with Crippen molar-refractivity contribution in [3.05, 3.63) is 128 Å². The maximum absolute atomic E-state index is 8.28. The van der Waals surface area contributed by atoms with E-state index in [1.165, 1.54) is 72.3 Å². The molecule has 8 rings (SSSR count). The topological polar surface area (TPSA) is 66.2 Å². The molecular weight excluding hydrogens is 671 g/mol. The summed E-state index contributed by atoms with van der Waals surface area (Å²) in [6.07, 6.45) is 5.96. The summed E-state index contributed by atoms with van der Waals surface area (Å²) < 4.78 is 0. The molecule has 2 aliphatic rings. The van der Waals surface area contributed by atoms with E-state index in [1.54, 1.807) is 0 Å². The van der Waals surface area contributed by atoms with E-state index in [-0.39, 0.29) is 7.43 Å². The van der Waals surface area contributed by atoms with Crippen LogP contribution in [0.15, 0.2) is 72.8 Å². The summed E-state index contributed by atoms with van der Waals surface area (Å²) >= 11 is 6.31. The Balaban J connectivity index is 0.000000172. The molecule has 4 nitrogen and oxygen atoms in total. The molecular formula is C47H56BClN2O2. The fraction of sp³-hybridized carbons (Fsp3) is 0.362. The monoisotopic (exact) mass is 726 g/mol. The van der Waals surface area contributed by atoms with Gasteiger partial charge in [0.15, 0.2) is 0 Å². The Hall–Kier alpha value is -4.03. The molecule has 0 spiro atoms. The number of fused-ring (bicyclic) bond motifs is 8. The van der Waals surface area contributed by atoms with Gasteiger partial charge in [-0.2, -0.15) is 0 Å². The fourth-order valence-corrected chi connectivity index (χ4v) is 8.21. The second-order valence-electron chi connectivity index (χ2n) is 15.7. The zero-order chi connectivity index (χ0) is 37.3. The third-order valence-electron chi connectivity index (χ3n) is 10.3. The third-order valence-corrected chi connectivity index (χ3v) is 10.6. The van der Waals surface area contributed by atoms with Crippen molar-refractivity contribution in [2.75, 3.05) is 0 Å². The van der Waals surface area contributed by atoms with Crippen molar-refractivity contribution in [1.29, 1.82) is 0 Å². The number of rotatable bonds is 4. The number of aryl methyl sites for hydroxylation is 6. The summed E-state index contributed by atoms with van der Waals surface area (Å²) in [5.74, 6) is 1.04. The molecule has 6 aromatic rings. The van der Waals surface area contributed by atoms with Gasteiger partial charge in [-0.15, -0.1) is 0 Å². The zero-order valence-corrected chi connectivity index (χ0v) is 32.8. The Bertz CT molecular complexity index is 2250. The van der Waals surface area contributed by atoms with Crippen molar-refractivity contribution in [1.82, 2.24) is 9.97 Å². The summed E-state index contributed by atoms with van der Waals surface area (Å²) in [7, 11) is -1.13. The van der Waals surface area contributed by atoms with Crippen LogP contribution >= 0.6 is 11.6 Å². The predicted octanol–water partition coefficient (Wildman–Crippen LogP) is 11.8. The van der Waals surface area contributed by atoms with Crippen molar-refractivity contribution in [3.63, 3.8) is 0 Å². The average Bonchev–Trinajstić information content (AvgIpc) is 3.07. The molecule has 0 unspecified atom stereocenters. The predicted molar refractivity (Wildman–Crippen MR) is 228 cm³/mol. The van der Waals surface area contributed by atoms with Crippen LogP contribution in [0, 0.1) is 39.5 Å². The van der Waals surface area contributed by atoms with E-state index in [0.29, 0.717) is 18.2 Å². The third kappa shape index (κ3) is 9.03. The largest absolute Gasteiger partial charge is 0.451 e. The van der Waals surface area contributed by atoms with Crippen LogP contribution in [0.2, 0.25) is 11.3 Å². The van der Waals surface area contributed by atoms with Crippen molar-refractivity contribution >= 4 is 40.5 Å². The quantitative estimate of drug-likeness (QED) is 0.178. The molecule has 0 aliphatic heterocycles. The molecule has 6 heteroatoms. The molecule has 0 atom stereocenters. The molecule has 0 fully saturated rings. The van der Waals surface area contributed by atoms with Gasteiger partial charge in [-0.1, -0.05) is 88.2 Å². The van der Waals surface area contributed by atoms with Crippen molar-refractivity contribution in [2.45, 2.75) is 101 Å². The molecule has 4 aromatic carbocycles. The number of hydrogen-bond donors (Lipinski definition) is 2. The molecule has 2 N–H and O–H groups in total. The van der Waals surface area contributed by atoms with Gasteiger partial charge in [-0.3, -0.25) is 0 Å². The van der Waals surface area contributed by atoms with Crippen LogP contribution in [0.5, 0.6) is 0 Å². The van der Waals surface area contributed by atoms with Crippen molar-refractivity contribution in [2.24, 2.45) is 11.8 Å². The van der Waals surface area contributed by atoms with Crippen LogP contribution < -0.4 is 0 Å². The average molecular weight is 727 g/mol. The lowest BCUT2D eigenvalue weighted by atomic mass is 9.80. The first-order valence-electron chi connectivity index (χ1n) is 18.9. The first-order chi connectivity index (χ1) is 24.8. The van der Waals surface area contributed by atoms with Crippen LogP contribution in [-0.2, 0) is 32.1 Å².